The molecule has 0 aliphatic heterocycles. The number of nitrogens with one attached hydrogen (secondary N) is 1. The summed E-state index contributed by atoms with van der Waals surface area (Å²) in [5.41, 5.74) is 1.58. The van der Waals surface area contributed by atoms with Crippen molar-refractivity contribution >= 4 is 5.95 Å². The van der Waals surface area contributed by atoms with Crippen molar-refractivity contribution in [1.82, 2.24) is 9.55 Å². The van der Waals surface area contributed by atoms with Gasteiger partial charge in [0.05, 0.1) is 5.69 Å². The van der Waals surface area contributed by atoms with Gasteiger partial charge in [-0.2, -0.15) is 0 Å². The molecule has 1 fully saturated rings. The third-order valence-electron chi connectivity index (χ3n) is 3.78. The average Bonchev–Trinajstić information content (AvgIpc) is 2.57. The molecule has 1 aromatic heterocycles. The topological polar surface area (TPSA) is 29.9 Å². The molecule has 96 valence electrons. The summed E-state index contributed by atoms with van der Waals surface area (Å²) in [5, 5.41) is 3.63. The minimum absolute atomic E-state index is 0.481. The van der Waals surface area contributed by atoms with Gasteiger partial charge < -0.3 is 9.88 Å². The largest absolute Gasteiger partial charge is 0.353 e. The lowest BCUT2D eigenvalue weighted by atomic mass is 9.75. The summed E-state index contributed by atoms with van der Waals surface area (Å²) >= 11 is 0. The Bertz CT molecular complexity index is 379. The van der Waals surface area contributed by atoms with Crippen LogP contribution in [0.1, 0.15) is 52.1 Å². The van der Waals surface area contributed by atoms with E-state index in [1.807, 2.05) is 0 Å². The Balaban J connectivity index is 2.04. The molecule has 1 unspecified atom stereocenters. The molecule has 1 aromatic rings. The summed E-state index contributed by atoms with van der Waals surface area (Å²) in [6, 6.07) is 0.589. The van der Waals surface area contributed by atoms with Crippen LogP contribution in [0.3, 0.4) is 0 Å². The molecule has 0 spiro atoms. The zero-order chi connectivity index (χ0) is 12.5. The smallest absolute Gasteiger partial charge is 0.203 e. The van der Waals surface area contributed by atoms with Crippen molar-refractivity contribution in [3.05, 3.63) is 11.9 Å². The molecule has 0 amide bonds. The van der Waals surface area contributed by atoms with Crippen molar-refractivity contribution in [2.75, 3.05) is 5.32 Å². The molecular formula is C14H25N3. The lowest BCUT2D eigenvalue weighted by Crippen LogP contribution is -2.32. The first-order valence-corrected chi connectivity index (χ1v) is 6.80. The van der Waals surface area contributed by atoms with Crippen LogP contribution in [0, 0.1) is 12.3 Å². The third-order valence-corrected chi connectivity index (χ3v) is 3.78. The van der Waals surface area contributed by atoms with Crippen molar-refractivity contribution < 1.29 is 0 Å². The van der Waals surface area contributed by atoms with E-state index >= 15 is 0 Å². The molecule has 0 aromatic carbocycles. The summed E-state index contributed by atoms with van der Waals surface area (Å²) in [4.78, 5) is 4.58. The Labute approximate surface area is 105 Å². The van der Waals surface area contributed by atoms with Gasteiger partial charge in [0, 0.05) is 18.8 Å². The molecule has 1 heterocycles. The lowest BCUT2D eigenvalue weighted by molar-refractivity contribution is 0.229. The van der Waals surface area contributed by atoms with Gasteiger partial charge in [-0.05, 0) is 38.5 Å². The highest BCUT2D eigenvalue weighted by Crippen LogP contribution is 2.36. The lowest BCUT2D eigenvalue weighted by Gasteiger charge is -2.35. The molecule has 0 radical (unpaired) electrons. The van der Waals surface area contributed by atoms with Crippen LogP contribution < -0.4 is 5.32 Å². The quantitative estimate of drug-likeness (QED) is 0.867. The second-order valence-electron chi connectivity index (χ2n) is 6.09. The summed E-state index contributed by atoms with van der Waals surface area (Å²) < 4.78 is 2.21. The maximum absolute atomic E-state index is 4.58. The number of anilines is 1. The molecule has 1 saturated carbocycles. The van der Waals surface area contributed by atoms with Gasteiger partial charge in [-0.15, -0.1) is 0 Å². The van der Waals surface area contributed by atoms with Crippen LogP contribution >= 0.6 is 0 Å². The average molecular weight is 235 g/mol. The van der Waals surface area contributed by atoms with E-state index in [1.165, 1.54) is 25.7 Å². The van der Waals surface area contributed by atoms with E-state index in [9.17, 15) is 0 Å². The maximum atomic E-state index is 4.58. The Morgan fingerprint density at radius 3 is 2.94 bits per heavy atom. The number of nitrogens with zero attached hydrogens (tertiary/aromatic N) is 2. The van der Waals surface area contributed by atoms with Gasteiger partial charge in [-0.1, -0.05) is 20.3 Å². The van der Waals surface area contributed by atoms with Crippen molar-refractivity contribution in [3.63, 3.8) is 0 Å². The Kier molecular flexibility index (Phi) is 3.45. The van der Waals surface area contributed by atoms with E-state index in [0.717, 1.165) is 18.2 Å². The summed E-state index contributed by atoms with van der Waals surface area (Å²) in [6.45, 7) is 9.95. The second-order valence-corrected chi connectivity index (χ2v) is 6.09. The molecule has 1 atom stereocenters. The first-order valence-electron chi connectivity index (χ1n) is 6.80. The van der Waals surface area contributed by atoms with Crippen LogP contribution in [0.25, 0.3) is 0 Å². The highest BCUT2D eigenvalue weighted by Gasteiger charge is 2.28. The van der Waals surface area contributed by atoms with E-state index in [4.69, 9.17) is 0 Å². The Morgan fingerprint density at radius 2 is 2.29 bits per heavy atom. The molecule has 0 saturated heterocycles. The number of hydrogen-bond donors (Lipinski definition) is 1. The highest BCUT2D eigenvalue weighted by atomic mass is 15.2. The first kappa shape index (κ1) is 12.5. The van der Waals surface area contributed by atoms with Crippen LogP contribution in [-0.4, -0.2) is 15.6 Å². The number of rotatable bonds is 3. The SMILES string of the molecule is CCn1cc(C)nc1NC1CCCC(C)(C)C1. The fourth-order valence-corrected chi connectivity index (χ4v) is 2.91. The number of aromatic nitrogens is 2. The minimum atomic E-state index is 0.481. The normalized spacial score (nSPS) is 23.6. The number of aryl methyl sites for hydroxylation is 2. The molecule has 17 heavy (non-hydrogen) atoms. The molecule has 3 nitrogen and oxygen atoms in total. The molecule has 1 N–H and O–H groups in total. The highest BCUT2D eigenvalue weighted by molar-refractivity contribution is 5.30. The van der Waals surface area contributed by atoms with Crippen molar-refractivity contribution in [2.45, 2.75) is 66.0 Å². The summed E-state index contributed by atoms with van der Waals surface area (Å²) in [7, 11) is 0. The molecule has 3 heteroatoms. The van der Waals surface area contributed by atoms with E-state index in [1.54, 1.807) is 0 Å². The standard InChI is InChI=1S/C14H25N3/c1-5-17-10-11(2)15-13(17)16-12-7-6-8-14(3,4)9-12/h10,12H,5-9H2,1-4H3,(H,15,16). The monoisotopic (exact) mass is 235 g/mol. The second kappa shape index (κ2) is 4.71. The predicted molar refractivity (Wildman–Crippen MR) is 72.3 cm³/mol. The van der Waals surface area contributed by atoms with Crippen LogP contribution in [-0.2, 0) is 6.54 Å². The first-order chi connectivity index (χ1) is 8.00. The third kappa shape index (κ3) is 3.02. The Morgan fingerprint density at radius 1 is 1.53 bits per heavy atom. The zero-order valence-corrected chi connectivity index (χ0v) is 11.6. The van der Waals surface area contributed by atoms with Gasteiger partial charge in [-0.25, -0.2) is 4.98 Å². The van der Waals surface area contributed by atoms with Crippen molar-refractivity contribution in [3.8, 4) is 0 Å². The maximum Gasteiger partial charge on any atom is 0.203 e. The van der Waals surface area contributed by atoms with E-state index in [0.29, 0.717) is 11.5 Å². The van der Waals surface area contributed by atoms with Crippen LogP contribution in [0.4, 0.5) is 5.95 Å². The van der Waals surface area contributed by atoms with Gasteiger partial charge in [0.2, 0.25) is 5.95 Å². The fourth-order valence-electron chi connectivity index (χ4n) is 2.91. The van der Waals surface area contributed by atoms with Gasteiger partial charge in [0.25, 0.3) is 0 Å². The molecule has 2 rings (SSSR count). The van der Waals surface area contributed by atoms with Crippen LogP contribution in [0.5, 0.6) is 0 Å². The number of hydrogen-bond acceptors (Lipinski definition) is 2. The van der Waals surface area contributed by atoms with E-state index < -0.39 is 0 Å². The predicted octanol–water partition coefficient (Wildman–Crippen LogP) is 3.59. The summed E-state index contributed by atoms with van der Waals surface area (Å²) in [5.74, 6) is 1.05. The van der Waals surface area contributed by atoms with E-state index in [-0.39, 0.29) is 0 Å². The van der Waals surface area contributed by atoms with Gasteiger partial charge in [0.15, 0.2) is 0 Å². The van der Waals surface area contributed by atoms with Gasteiger partial charge >= 0.3 is 0 Å². The van der Waals surface area contributed by atoms with Gasteiger partial charge in [-0.3, -0.25) is 0 Å². The van der Waals surface area contributed by atoms with E-state index in [2.05, 4.69) is 48.8 Å². The molecular weight excluding hydrogens is 210 g/mol. The summed E-state index contributed by atoms with van der Waals surface area (Å²) in [6.07, 6.45) is 7.33. The minimum Gasteiger partial charge on any atom is -0.353 e. The fraction of sp³-hybridized carbons (Fsp3) is 0.786. The van der Waals surface area contributed by atoms with Crippen LogP contribution in [0.2, 0.25) is 0 Å². The number of imidazole rings is 1. The van der Waals surface area contributed by atoms with Crippen molar-refractivity contribution in [2.24, 2.45) is 5.41 Å². The molecule has 1 aliphatic rings. The zero-order valence-electron chi connectivity index (χ0n) is 11.6. The molecule has 1 aliphatic carbocycles. The Hall–Kier alpha value is -0.990. The molecule has 0 bridgehead atoms. The van der Waals surface area contributed by atoms with Crippen molar-refractivity contribution in [1.29, 1.82) is 0 Å². The van der Waals surface area contributed by atoms with Gasteiger partial charge in [0.1, 0.15) is 0 Å². The van der Waals surface area contributed by atoms with Crippen LogP contribution in [0.15, 0.2) is 6.20 Å².